The fraction of sp³-hybridized carbons (Fsp3) is 0.808. The molecule has 0 radical (unpaired) electrons. The molecule has 2 rings (SSSR count). The van der Waals surface area contributed by atoms with Crippen molar-refractivity contribution in [3.63, 3.8) is 0 Å². The molecular formula is C26H45N5O6. The van der Waals surface area contributed by atoms with E-state index in [1.54, 1.807) is 25.7 Å². The SMILES string of the molecule is CC[C@H](NC(=O)C1CCN(C(=O)OC(C)(C)C)CC1)c1nnc([C@@H](NC(=O)OC(C)(C)C)[C@@H](C)CC)o1. The normalized spacial score (nSPS) is 17.5. The Balaban J connectivity index is 2.02. The maximum absolute atomic E-state index is 13.0. The lowest BCUT2D eigenvalue weighted by Crippen LogP contribution is -2.45. The molecule has 1 aliphatic rings. The summed E-state index contributed by atoms with van der Waals surface area (Å²) in [5, 5.41) is 14.2. The van der Waals surface area contributed by atoms with Crippen LogP contribution in [0.3, 0.4) is 0 Å². The number of carbonyl (C=O) groups excluding carboxylic acids is 3. The zero-order valence-electron chi connectivity index (χ0n) is 23.8. The number of nitrogens with zero attached hydrogens (tertiary/aromatic N) is 3. The Kier molecular flexibility index (Phi) is 10.3. The highest BCUT2D eigenvalue weighted by Gasteiger charge is 2.33. The van der Waals surface area contributed by atoms with E-state index in [1.165, 1.54) is 0 Å². The second-order valence-corrected chi connectivity index (χ2v) is 11.7. The van der Waals surface area contributed by atoms with E-state index in [2.05, 4.69) is 20.8 Å². The Hall–Kier alpha value is -2.85. The van der Waals surface area contributed by atoms with E-state index in [4.69, 9.17) is 13.9 Å². The van der Waals surface area contributed by atoms with Gasteiger partial charge in [0, 0.05) is 19.0 Å². The molecule has 210 valence electrons. The van der Waals surface area contributed by atoms with Gasteiger partial charge >= 0.3 is 12.2 Å². The molecule has 11 nitrogen and oxygen atoms in total. The standard InChI is InChI=1S/C26H45N5O6/c1-10-16(3)19(28-23(33)36-25(4,5)6)22-30-29-21(35-22)18(11-2)27-20(32)17-12-14-31(15-13-17)24(34)37-26(7,8)9/h16-19H,10-15H2,1-9H3,(H,27,32)(H,28,33)/t16-,18-,19-/m0/s1. The van der Waals surface area contributed by atoms with Gasteiger partial charge < -0.3 is 29.4 Å². The first kappa shape index (κ1) is 30.4. The predicted molar refractivity (Wildman–Crippen MR) is 138 cm³/mol. The fourth-order valence-corrected chi connectivity index (χ4v) is 3.91. The third-order valence-electron chi connectivity index (χ3n) is 6.15. The van der Waals surface area contributed by atoms with Crippen LogP contribution in [-0.2, 0) is 14.3 Å². The van der Waals surface area contributed by atoms with Gasteiger partial charge in [0.05, 0.1) is 0 Å². The van der Waals surface area contributed by atoms with Gasteiger partial charge in [0.25, 0.3) is 0 Å². The minimum absolute atomic E-state index is 0.0191. The molecular weight excluding hydrogens is 478 g/mol. The Bertz CT molecular complexity index is 911. The Morgan fingerprint density at radius 3 is 2.03 bits per heavy atom. The number of likely N-dealkylation sites (tertiary alicyclic amines) is 1. The van der Waals surface area contributed by atoms with Gasteiger partial charge in [-0.15, -0.1) is 10.2 Å². The van der Waals surface area contributed by atoms with Gasteiger partial charge in [-0.1, -0.05) is 27.2 Å². The van der Waals surface area contributed by atoms with E-state index in [0.717, 1.165) is 6.42 Å². The average Bonchev–Trinajstić information content (AvgIpc) is 3.27. The van der Waals surface area contributed by atoms with Crippen molar-refractivity contribution in [2.75, 3.05) is 13.1 Å². The van der Waals surface area contributed by atoms with Crippen LogP contribution in [-0.4, -0.2) is 57.5 Å². The van der Waals surface area contributed by atoms with Gasteiger partial charge in [0.1, 0.15) is 23.3 Å². The number of hydrogen-bond acceptors (Lipinski definition) is 8. The lowest BCUT2D eigenvalue weighted by molar-refractivity contribution is -0.127. The molecule has 1 aliphatic heterocycles. The molecule has 0 aromatic carbocycles. The second-order valence-electron chi connectivity index (χ2n) is 11.7. The average molecular weight is 524 g/mol. The van der Waals surface area contributed by atoms with Crippen molar-refractivity contribution in [2.45, 2.75) is 111 Å². The topological polar surface area (TPSA) is 136 Å². The van der Waals surface area contributed by atoms with Gasteiger partial charge in [-0.2, -0.15) is 0 Å². The zero-order valence-corrected chi connectivity index (χ0v) is 23.8. The fourth-order valence-electron chi connectivity index (χ4n) is 3.91. The summed E-state index contributed by atoms with van der Waals surface area (Å²) in [4.78, 5) is 39.4. The number of carbonyl (C=O) groups is 3. The number of aromatic nitrogens is 2. The van der Waals surface area contributed by atoms with Gasteiger partial charge in [-0.3, -0.25) is 4.79 Å². The van der Waals surface area contributed by atoms with Crippen molar-refractivity contribution in [3.8, 4) is 0 Å². The molecule has 1 aromatic heterocycles. The summed E-state index contributed by atoms with van der Waals surface area (Å²) in [7, 11) is 0. The van der Waals surface area contributed by atoms with E-state index >= 15 is 0 Å². The lowest BCUT2D eigenvalue weighted by atomic mass is 9.95. The summed E-state index contributed by atoms with van der Waals surface area (Å²) >= 11 is 0. The predicted octanol–water partition coefficient (Wildman–Crippen LogP) is 4.90. The highest BCUT2D eigenvalue weighted by molar-refractivity contribution is 5.79. The first-order valence-electron chi connectivity index (χ1n) is 13.2. The van der Waals surface area contributed by atoms with Crippen LogP contribution in [0, 0.1) is 11.8 Å². The van der Waals surface area contributed by atoms with Crippen LogP contribution in [0.25, 0.3) is 0 Å². The van der Waals surface area contributed by atoms with E-state index in [0.29, 0.717) is 32.4 Å². The lowest BCUT2D eigenvalue weighted by Gasteiger charge is -2.33. The van der Waals surface area contributed by atoms with Gasteiger partial charge in [-0.05, 0) is 66.7 Å². The third-order valence-corrected chi connectivity index (χ3v) is 6.15. The molecule has 3 atom stereocenters. The van der Waals surface area contributed by atoms with E-state index in [9.17, 15) is 14.4 Å². The third kappa shape index (κ3) is 9.51. The van der Waals surface area contributed by atoms with E-state index < -0.39 is 29.4 Å². The minimum Gasteiger partial charge on any atom is -0.444 e. The molecule has 37 heavy (non-hydrogen) atoms. The number of ether oxygens (including phenoxy) is 2. The van der Waals surface area contributed by atoms with Crippen LogP contribution < -0.4 is 10.6 Å². The molecule has 0 bridgehead atoms. The number of amides is 3. The molecule has 0 aliphatic carbocycles. The molecule has 2 N–H and O–H groups in total. The Labute approximate surface area is 220 Å². The number of nitrogens with one attached hydrogen (secondary N) is 2. The van der Waals surface area contributed by atoms with Crippen molar-refractivity contribution in [1.82, 2.24) is 25.7 Å². The maximum atomic E-state index is 13.0. The van der Waals surface area contributed by atoms with Gasteiger partial charge in [0.2, 0.25) is 17.7 Å². The minimum atomic E-state index is -0.634. The van der Waals surface area contributed by atoms with Crippen molar-refractivity contribution in [2.24, 2.45) is 11.8 Å². The van der Waals surface area contributed by atoms with Crippen LogP contribution in [0.15, 0.2) is 4.42 Å². The molecule has 1 fully saturated rings. The monoisotopic (exact) mass is 523 g/mol. The smallest absolute Gasteiger partial charge is 0.410 e. The van der Waals surface area contributed by atoms with Crippen LogP contribution in [0.4, 0.5) is 9.59 Å². The molecule has 3 amide bonds. The maximum Gasteiger partial charge on any atom is 0.410 e. The number of alkyl carbamates (subject to hydrolysis) is 1. The largest absolute Gasteiger partial charge is 0.444 e. The molecule has 0 unspecified atom stereocenters. The summed E-state index contributed by atoms with van der Waals surface area (Å²) in [5.41, 5.74) is -1.19. The molecule has 0 spiro atoms. The van der Waals surface area contributed by atoms with E-state index in [1.807, 2.05) is 41.5 Å². The molecule has 1 aromatic rings. The van der Waals surface area contributed by atoms with Crippen LogP contribution in [0.5, 0.6) is 0 Å². The van der Waals surface area contributed by atoms with Crippen LogP contribution in [0.1, 0.15) is 112 Å². The first-order valence-corrected chi connectivity index (χ1v) is 13.2. The second kappa shape index (κ2) is 12.6. The summed E-state index contributed by atoms with van der Waals surface area (Å²) in [6, 6.07) is -0.983. The number of hydrogen-bond donors (Lipinski definition) is 2. The van der Waals surface area contributed by atoms with Crippen molar-refractivity contribution >= 4 is 18.1 Å². The summed E-state index contributed by atoms with van der Waals surface area (Å²) < 4.78 is 16.8. The summed E-state index contributed by atoms with van der Waals surface area (Å²) in [6.45, 7) is 17.7. The van der Waals surface area contributed by atoms with Gasteiger partial charge in [-0.25, -0.2) is 9.59 Å². The molecule has 0 saturated carbocycles. The molecule has 2 heterocycles. The quantitative estimate of drug-likeness (QED) is 0.491. The molecule has 1 saturated heterocycles. The van der Waals surface area contributed by atoms with Crippen LogP contribution >= 0.6 is 0 Å². The van der Waals surface area contributed by atoms with Crippen molar-refractivity contribution in [1.29, 1.82) is 0 Å². The number of rotatable bonds is 8. The van der Waals surface area contributed by atoms with Crippen LogP contribution in [0.2, 0.25) is 0 Å². The van der Waals surface area contributed by atoms with Crippen molar-refractivity contribution in [3.05, 3.63) is 11.8 Å². The Morgan fingerprint density at radius 2 is 1.51 bits per heavy atom. The number of piperidine rings is 1. The molecule has 11 heteroatoms. The summed E-state index contributed by atoms with van der Waals surface area (Å²) in [5.74, 6) is 0.244. The van der Waals surface area contributed by atoms with E-state index in [-0.39, 0.29) is 35.6 Å². The zero-order chi connectivity index (χ0) is 28.0. The highest BCUT2D eigenvalue weighted by Crippen LogP contribution is 2.27. The summed E-state index contributed by atoms with van der Waals surface area (Å²) in [6.07, 6.45) is 1.51. The van der Waals surface area contributed by atoms with Crippen molar-refractivity contribution < 1.29 is 28.3 Å². The highest BCUT2D eigenvalue weighted by atomic mass is 16.6. The first-order chi connectivity index (χ1) is 17.1. The Morgan fingerprint density at radius 1 is 0.946 bits per heavy atom. The van der Waals surface area contributed by atoms with Gasteiger partial charge in [0.15, 0.2) is 0 Å².